The molecule has 1 amide bonds. The molecule has 6 heteroatoms. The van der Waals surface area contributed by atoms with Crippen molar-refractivity contribution >= 4 is 25.6 Å². The van der Waals surface area contributed by atoms with E-state index in [1.165, 1.54) is 13.1 Å². The van der Waals surface area contributed by atoms with Gasteiger partial charge in [-0.15, -0.1) is 0 Å². The first kappa shape index (κ1) is 13.0. The number of benzene rings is 1. The highest BCUT2D eigenvalue weighted by atomic mass is 35.7. The fraction of sp³-hybridized carbons (Fsp3) is 0.300. The summed E-state index contributed by atoms with van der Waals surface area (Å²) in [5.41, 5.74) is 1.55. The molecule has 0 aliphatic rings. The van der Waals surface area contributed by atoms with Crippen LogP contribution in [0.2, 0.25) is 0 Å². The van der Waals surface area contributed by atoms with E-state index >= 15 is 0 Å². The van der Waals surface area contributed by atoms with Gasteiger partial charge in [0.25, 0.3) is 15.0 Å². The van der Waals surface area contributed by atoms with Crippen molar-refractivity contribution in [3.05, 3.63) is 28.8 Å². The van der Waals surface area contributed by atoms with Crippen LogP contribution >= 0.6 is 10.7 Å². The summed E-state index contributed by atoms with van der Waals surface area (Å²) in [6, 6.07) is 2.91. The molecule has 0 unspecified atom stereocenters. The molecule has 0 heterocycles. The van der Waals surface area contributed by atoms with Gasteiger partial charge in [-0.1, -0.05) is 0 Å². The van der Waals surface area contributed by atoms with E-state index in [2.05, 4.69) is 5.32 Å². The van der Waals surface area contributed by atoms with Crippen molar-refractivity contribution in [1.82, 2.24) is 5.32 Å². The van der Waals surface area contributed by atoms with Crippen molar-refractivity contribution in [3.63, 3.8) is 0 Å². The first-order valence-electron chi connectivity index (χ1n) is 4.55. The summed E-state index contributed by atoms with van der Waals surface area (Å²) in [7, 11) is 2.95. The van der Waals surface area contributed by atoms with E-state index in [-0.39, 0.29) is 16.4 Å². The Morgan fingerprint density at radius 1 is 1.31 bits per heavy atom. The topological polar surface area (TPSA) is 63.2 Å². The van der Waals surface area contributed by atoms with Gasteiger partial charge >= 0.3 is 0 Å². The lowest BCUT2D eigenvalue weighted by atomic mass is 10.1. The number of halogens is 1. The number of carbonyl (C=O) groups excluding carboxylic acids is 1. The highest BCUT2D eigenvalue weighted by Crippen LogP contribution is 2.24. The Kier molecular flexibility index (Phi) is 3.60. The van der Waals surface area contributed by atoms with Crippen LogP contribution in [0.3, 0.4) is 0 Å². The average Bonchev–Trinajstić information content (AvgIpc) is 2.18. The largest absolute Gasteiger partial charge is 0.355 e. The van der Waals surface area contributed by atoms with E-state index in [1.807, 2.05) is 0 Å². The summed E-state index contributed by atoms with van der Waals surface area (Å²) >= 11 is 0. The number of hydrogen-bond donors (Lipinski definition) is 1. The van der Waals surface area contributed by atoms with Crippen molar-refractivity contribution in [3.8, 4) is 0 Å². The van der Waals surface area contributed by atoms with Gasteiger partial charge < -0.3 is 5.32 Å². The molecule has 88 valence electrons. The minimum Gasteiger partial charge on any atom is -0.355 e. The third-order valence-electron chi connectivity index (χ3n) is 2.37. The fourth-order valence-corrected chi connectivity index (χ4v) is 2.63. The molecule has 0 saturated carbocycles. The quantitative estimate of drug-likeness (QED) is 0.823. The Balaban J connectivity index is 3.52. The van der Waals surface area contributed by atoms with Crippen LogP contribution in [0.25, 0.3) is 0 Å². The molecule has 0 atom stereocenters. The van der Waals surface area contributed by atoms with Gasteiger partial charge in [-0.05, 0) is 37.1 Å². The van der Waals surface area contributed by atoms with Crippen LogP contribution in [0.5, 0.6) is 0 Å². The molecule has 16 heavy (non-hydrogen) atoms. The molecule has 1 rings (SSSR count). The van der Waals surface area contributed by atoms with E-state index in [1.54, 1.807) is 19.9 Å². The fourth-order valence-electron chi connectivity index (χ4n) is 1.36. The zero-order valence-corrected chi connectivity index (χ0v) is 10.7. The highest BCUT2D eigenvalue weighted by molar-refractivity contribution is 8.13. The van der Waals surface area contributed by atoms with Gasteiger partial charge in [-0.2, -0.15) is 0 Å². The molecule has 0 radical (unpaired) electrons. The molecule has 1 N–H and O–H groups in total. The van der Waals surface area contributed by atoms with Gasteiger partial charge in [0, 0.05) is 23.3 Å². The van der Waals surface area contributed by atoms with Gasteiger partial charge in [-0.25, -0.2) is 8.42 Å². The predicted octanol–water partition coefficient (Wildman–Crippen LogP) is 1.59. The molecule has 0 bridgehead atoms. The lowest BCUT2D eigenvalue weighted by Gasteiger charge is -2.08. The Bertz CT molecular complexity index is 537. The van der Waals surface area contributed by atoms with Gasteiger partial charge in [0.05, 0.1) is 4.90 Å². The number of aryl methyl sites for hydroxylation is 1. The molecule has 4 nitrogen and oxygen atoms in total. The summed E-state index contributed by atoms with van der Waals surface area (Å²) in [6.45, 7) is 3.38. The molecular weight excluding hydrogens is 250 g/mol. The smallest absolute Gasteiger partial charge is 0.261 e. The summed E-state index contributed by atoms with van der Waals surface area (Å²) in [4.78, 5) is 11.4. The Morgan fingerprint density at radius 2 is 1.88 bits per heavy atom. The summed E-state index contributed by atoms with van der Waals surface area (Å²) in [6.07, 6.45) is 0. The van der Waals surface area contributed by atoms with Gasteiger partial charge in [-0.3, -0.25) is 4.79 Å². The molecule has 1 aromatic rings. The molecule has 0 spiro atoms. The molecular formula is C10H12ClNO3S. The second-order valence-corrected chi connectivity index (χ2v) is 5.97. The Morgan fingerprint density at radius 3 is 2.31 bits per heavy atom. The molecule has 0 saturated heterocycles. The normalized spacial score (nSPS) is 11.2. The molecule has 0 aromatic heterocycles. The maximum atomic E-state index is 11.4. The van der Waals surface area contributed by atoms with Crippen molar-refractivity contribution in [2.45, 2.75) is 18.7 Å². The van der Waals surface area contributed by atoms with Crippen LogP contribution in [0.4, 0.5) is 0 Å². The monoisotopic (exact) mass is 261 g/mol. The lowest BCUT2D eigenvalue weighted by molar-refractivity contribution is 0.0963. The van der Waals surface area contributed by atoms with Crippen LogP contribution < -0.4 is 5.32 Å². The van der Waals surface area contributed by atoms with E-state index in [4.69, 9.17) is 10.7 Å². The van der Waals surface area contributed by atoms with Crippen LogP contribution in [0.15, 0.2) is 17.0 Å². The van der Waals surface area contributed by atoms with Crippen LogP contribution in [-0.4, -0.2) is 21.4 Å². The van der Waals surface area contributed by atoms with E-state index in [9.17, 15) is 13.2 Å². The van der Waals surface area contributed by atoms with Crippen molar-refractivity contribution < 1.29 is 13.2 Å². The van der Waals surface area contributed by atoms with E-state index in [0.717, 1.165) is 0 Å². The second-order valence-electron chi connectivity index (χ2n) is 3.43. The summed E-state index contributed by atoms with van der Waals surface area (Å²) in [5.74, 6) is -0.343. The average molecular weight is 262 g/mol. The molecule has 0 fully saturated rings. The zero-order valence-electron chi connectivity index (χ0n) is 9.17. The first-order valence-corrected chi connectivity index (χ1v) is 6.86. The van der Waals surface area contributed by atoms with E-state index in [0.29, 0.717) is 11.1 Å². The van der Waals surface area contributed by atoms with Gasteiger partial charge in [0.2, 0.25) is 0 Å². The van der Waals surface area contributed by atoms with E-state index < -0.39 is 9.05 Å². The van der Waals surface area contributed by atoms with Crippen LogP contribution in [0.1, 0.15) is 21.5 Å². The van der Waals surface area contributed by atoms with Gasteiger partial charge in [0.1, 0.15) is 0 Å². The maximum Gasteiger partial charge on any atom is 0.261 e. The number of carbonyl (C=O) groups is 1. The van der Waals surface area contributed by atoms with Crippen LogP contribution in [0, 0.1) is 13.8 Å². The molecule has 0 aliphatic carbocycles. The number of amides is 1. The second kappa shape index (κ2) is 4.43. The minimum absolute atomic E-state index is 0.0206. The van der Waals surface area contributed by atoms with Crippen molar-refractivity contribution in [1.29, 1.82) is 0 Å². The van der Waals surface area contributed by atoms with Crippen molar-refractivity contribution in [2.75, 3.05) is 7.05 Å². The zero-order chi connectivity index (χ0) is 12.5. The number of hydrogen-bond acceptors (Lipinski definition) is 3. The van der Waals surface area contributed by atoms with Crippen molar-refractivity contribution in [2.24, 2.45) is 0 Å². The Labute approximate surface area is 99.0 Å². The lowest BCUT2D eigenvalue weighted by Crippen LogP contribution is -2.18. The minimum atomic E-state index is -3.83. The number of rotatable bonds is 2. The first-order chi connectivity index (χ1) is 7.27. The Hall–Kier alpha value is -1.07. The third-order valence-corrected chi connectivity index (χ3v) is 3.82. The summed E-state index contributed by atoms with van der Waals surface area (Å²) in [5, 5.41) is 2.43. The highest BCUT2D eigenvalue weighted by Gasteiger charge is 2.18. The number of nitrogens with one attached hydrogen (secondary N) is 1. The maximum absolute atomic E-state index is 11.4. The molecule has 0 aliphatic heterocycles. The van der Waals surface area contributed by atoms with Crippen LogP contribution in [-0.2, 0) is 9.05 Å². The summed E-state index contributed by atoms with van der Waals surface area (Å²) < 4.78 is 22.6. The standard InChI is InChI=1S/C10H12ClNO3S/c1-6-4-8(10(13)12-3)5-9(7(6)2)16(11,14)15/h4-5H,1-3H3,(H,12,13). The predicted molar refractivity (Wildman–Crippen MR) is 62.3 cm³/mol. The third kappa shape index (κ3) is 2.54. The van der Waals surface area contributed by atoms with Gasteiger partial charge in [0.15, 0.2) is 0 Å². The molecule has 1 aromatic carbocycles. The SMILES string of the molecule is CNC(=O)c1cc(C)c(C)c(S(=O)(=O)Cl)c1.